The van der Waals surface area contributed by atoms with E-state index in [1.807, 2.05) is 42.3 Å². The van der Waals surface area contributed by atoms with E-state index in [1.165, 1.54) is 0 Å². The summed E-state index contributed by atoms with van der Waals surface area (Å²) in [5, 5.41) is 3.30. The van der Waals surface area contributed by atoms with Crippen LogP contribution in [-0.4, -0.2) is 68.6 Å². The van der Waals surface area contributed by atoms with E-state index in [-0.39, 0.29) is 24.1 Å². The summed E-state index contributed by atoms with van der Waals surface area (Å²) in [6, 6.07) is 10.2. The Kier molecular flexibility index (Phi) is 7.90. The van der Waals surface area contributed by atoms with Gasteiger partial charge < -0.3 is 10.2 Å². The highest BCUT2D eigenvalue weighted by Gasteiger charge is 2.47. The third-order valence-electron chi connectivity index (χ3n) is 6.19. The summed E-state index contributed by atoms with van der Waals surface area (Å²) in [6.07, 6.45) is 3.16. The molecule has 2 fully saturated rings. The zero-order valence-electron chi connectivity index (χ0n) is 16.8. The Hall–Kier alpha value is -1.15. The predicted molar refractivity (Wildman–Crippen MR) is 114 cm³/mol. The number of hydrogen-bond acceptors (Lipinski definition) is 4. The minimum Gasteiger partial charge on any atom is -0.340 e. The van der Waals surface area contributed by atoms with Crippen molar-refractivity contribution in [3.05, 3.63) is 35.9 Å². The second-order valence-corrected chi connectivity index (χ2v) is 9.88. The normalized spacial score (nSPS) is 23.1. The van der Waals surface area contributed by atoms with Crippen molar-refractivity contribution in [2.24, 2.45) is 0 Å². The van der Waals surface area contributed by atoms with E-state index in [0.29, 0.717) is 32.0 Å². The molecule has 8 heteroatoms. The first-order valence-corrected chi connectivity index (χ1v) is 11.5. The molecule has 0 saturated carbocycles. The van der Waals surface area contributed by atoms with E-state index in [0.717, 1.165) is 31.5 Å². The Bertz CT molecular complexity index is 749. The molecule has 2 saturated heterocycles. The maximum atomic E-state index is 13.7. The molecule has 158 valence electrons. The van der Waals surface area contributed by atoms with Gasteiger partial charge in [-0.05, 0) is 45.2 Å². The van der Waals surface area contributed by atoms with Gasteiger partial charge in [-0.3, -0.25) is 4.79 Å². The van der Waals surface area contributed by atoms with Crippen LogP contribution in [0.2, 0.25) is 0 Å². The maximum absolute atomic E-state index is 13.7. The maximum Gasteiger partial charge on any atom is 0.233 e. The second-order valence-electron chi connectivity index (χ2n) is 7.63. The van der Waals surface area contributed by atoms with Gasteiger partial charge in [0.25, 0.3) is 0 Å². The molecule has 1 N–H and O–H groups in total. The molecule has 1 atom stereocenters. The van der Waals surface area contributed by atoms with Crippen molar-refractivity contribution < 1.29 is 13.2 Å². The van der Waals surface area contributed by atoms with Gasteiger partial charge in [-0.2, -0.15) is 0 Å². The van der Waals surface area contributed by atoms with Crippen LogP contribution in [0.15, 0.2) is 30.3 Å². The lowest BCUT2D eigenvalue weighted by Crippen LogP contribution is -2.57. The number of nitrogens with one attached hydrogen (secondary N) is 1. The molecule has 0 spiro atoms. The van der Waals surface area contributed by atoms with Crippen LogP contribution >= 0.6 is 12.4 Å². The minimum atomic E-state index is -3.22. The number of halogens is 1. The van der Waals surface area contributed by atoms with Crippen LogP contribution in [0.5, 0.6) is 0 Å². The van der Waals surface area contributed by atoms with Crippen molar-refractivity contribution in [3.63, 3.8) is 0 Å². The quantitative estimate of drug-likeness (QED) is 0.777. The van der Waals surface area contributed by atoms with E-state index in [4.69, 9.17) is 0 Å². The number of piperidine rings is 2. The first kappa shape index (κ1) is 23.1. The smallest absolute Gasteiger partial charge is 0.233 e. The standard InChI is InChI=1S/C20H31N3O3S.ClH/c1-3-27(25,26)23-14-11-20(12-15-23,17-8-5-4-6-9-17)19(24)22-13-7-10-18(16-22)21-2;/h4-6,8-9,18,21H,3,7,10-16H2,1-2H3;1H. The molecule has 2 aliphatic heterocycles. The molecule has 1 amide bonds. The number of likely N-dealkylation sites (N-methyl/N-ethyl adjacent to an activating group) is 1. The molecule has 1 aromatic carbocycles. The molecule has 28 heavy (non-hydrogen) atoms. The predicted octanol–water partition coefficient (Wildman–Crippen LogP) is 2.00. The van der Waals surface area contributed by atoms with Crippen molar-refractivity contribution in [2.75, 3.05) is 39.0 Å². The van der Waals surface area contributed by atoms with Crippen molar-refractivity contribution in [3.8, 4) is 0 Å². The van der Waals surface area contributed by atoms with Crippen LogP contribution in [0.1, 0.15) is 38.2 Å². The summed E-state index contributed by atoms with van der Waals surface area (Å²) < 4.78 is 26.1. The van der Waals surface area contributed by atoms with E-state index < -0.39 is 15.4 Å². The highest BCUT2D eigenvalue weighted by Crippen LogP contribution is 2.38. The van der Waals surface area contributed by atoms with Gasteiger partial charge in [-0.15, -0.1) is 12.4 Å². The Labute approximate surface area is 175 Å². The third-order valence-corrected chi connectivity index (χ3v) is 8.07. The van der Waals surface area contributed by atoms with Crippen LogP contribution < -0.4 is 5.32 Å². The van der Waals surface area contributed by atoms with E-state index in [2.05, 4.69) is 5.32 Å². The van der Waals surface area contributed by atoms with E-state index in [9.17, 15) is 13.2 Å². The Morgan fingerprint density at radius 2 is 1.82 bits per heavy atom. The molecule has 1 unspecified atom stereocenters. The van der Waals surface area contributed by atoms with Crippen molar-refractivity contribution in [1.82, 2.24) is 14.5 Å². The van der Waals surface area contributed by atoms with Gasteiger partial charge in [-0.25, -0.2) is 12.7 Å². The number of sulfonamides is 1. The second kappa shape index (κ2) is 9.57. The lowest BCUT2D eigenvalue weighted by molar-refractivity contribution is -0.140. The monoisotopic (exact) mass is 429 g/mol. The molecule has 2 heterocycles. The molecule has 0 bridgehead atoms. The van der Waals surface area contributed by atoms with Crippen molar-refractivity contribution >= 4 is 28.3 Å². The molecule has 3 rings (SSSR count). The number of carbonyl (C=O) groups is 1. The number of rotatable bonds is 5. The van der Waals surface area contributed by atoms with Crippen LogP contribution in [0, 0.1) is 0 Å². The number of benzene rings is 1. The number of amides is 1. The number of nitrogens with zero attached hydrogens (tertiary/aromatic N) is 2. The van der Waals surface area contributed by atoms with Crippen molar-refractivity contribution in [1.29, 1.82) is 0 Å². The largest absolute Gasteiger partial charge is 0.340 e. The van der Waals surface area contributed by atoms with Gasteiger partial charge in [-0.1, -0.05) is 30.3 Å². The number of carbonyl (C=O) groups excluding carboxylic acids is 1. The fourth-order valence-electron chi connectivity index (χ4n) is 4.41. The van der Waals surface area contributed by atoms with Gasteiger partial charge >= 0.3 is 0 Å². The highest BCUT2D eigenvalue weighted by atomic mass is 35.5. The number of likely N-dealkylation sites (tertiary alicyclic amines) is 1. The topological polar surface area (TPSA) is 69.7 Å². The summed E-state index contributed by atoms with van der Waals surface area (Å²) in [4.78, 5) is 15.7. The summed E-state index contributed by atoms with van der Waals surface area (Å²) in [5.41, 5.74) is 0.381. The first-order chi connectivity index (χ1) is 12.9. The van der Waals surface area contributed by atoms with Crippen LogP contribution in [0.25, 0.3) is 0 Å². The van der Waals surface area contributed by atoms with E-state index in [1.54, 1.807) is 11.2 Å². The third kappa shape index (κ3) is 4.53. The highest BCUT2D eigenvalue weighted by molar-refractivity contribution is 7.89. The first-order valence-electron chi connectivity index (χ1n) is 9.93. The van der Waals surface area contributed by atoms with Gasteiger partial charge in [0, 0.05) is 32.2 Å². The van der Waals surface area contributed by atoms with Crippen LogP contribution in [0.3, 0.4) is 0 Å². The molecule has 0 radical (unpaired) electrons. The lowest BCUT2D eigenvalue weighted by atomic mass is 9.71. The summed E-state index contributed by atoms with van der Waals surface area (Å²) in [7, 11) is -1.27. The SMILES string of the molecule is CCS(=O)(=O)N1CCC(C(=O)N2CCCC(NC)C2)(c2ccccc2)CC1.Cl. The fraction of sp³-hybridized carbons (Fsp3) is 0.650. The van der Waals surface area contributed by atoms with Crippen molar-refractivity contribution in [2.45, 2.75) is 44.1 Å². The average molecular weight is 430 g/mol. The average Bonchev–Trinajstić information content (AvgIpc) is 2.74. The zero-order chi connectivity index (χ0) is 19.5. The Morgan fingerprint density at radius 1 is 1.18 bits per heavy atom. The molecule has 2 aliphatic rings. The summed E-state index contributed by atoms with van der Waals surface area (Å²) in [5.74, 6) is 0.261. The molecule has 0 aromatic heterocycles. The molecule has 1 aromatic rings. The zero-order valence-corrected chi connectivity index (χ0v) is 18.4. The molecule has 0 aliphatic carbocycles. The van der Waals surface area contributed by atoms with E-state index >= 15 is 0 Å². The molecular weight excluding hydrogens is 398 g/mol. The van der Waals surface area contributed by atoms with Gasteiger partial charge in [0.05, 0.1) is 11.2 Å². The lowest BCUT2D eigenvalue weighted by Gasteiger charge is -2.45. The van der Waals surface area contributed by atoms with Gasteiger partial charge in [0.1, 0.15) is 0 Å². The summed E-state index contributed by atoms with van der Waals surface area (Å²) >= 11 is 0. The van der Waals surface area contributed by atoms with Gasteiger partial charge in [0.15, 0.2) is 0 Å². The summed E-state index contributed by atoms with van der Waals surface area (Å²) in [6.45, 7) is 3.98. The van der Waals surface area contributed by atoms with Crippen LogP contribution in [0.4, 0.5) is 0 Å². The Morgan fingerprint density at radius 3 is 2.39 bits per heavy atom. The molecule has 6 nitrogen and oxygen atoms in total. The minimum absolute atomic E-state index is 0. The Balaban J connectivity index is 0.00000280. The van der Waals surface area contributed by atoms with Crippen LogP contribution in [-0.2, 0) is 20.2 Å². The molecular formula is C20H32ClN3O3S. The number of hydrogen-bond donors (Lipinski definition) is 1. The fourth-order valence-corrected chi connectivity index (χ4v) is 5.52. The van der Waals surface area contributed by atoms with Gasteiger partial charge in [0.2, 0.25) is 15.9 Å².